The maximum atomic E-state index is 13.6. The highest BCUT2D eigenvalue weighted by molar-refractivity contribution is 7.09. The van der Waals surface area contributed by atoms with Crippen LogP contribution in [0.1, 0.15) is 60.1 Å². The predicted octanol–water partition coefficient (Wildman–Crippen LogP) is 5.46. The Hall–Kier alpha value is -1.96. The molecule has 152 valence electrons. The van der Waals surface area contributed by atoms with E-state index >= 15 is 0 Å². The van der Waals surface area contributed by atoms with Crippen molar-refractivity contribution in [2.75, 3.05) is 0 Å². The lowest BCUT2D eigenvalue weighted by Crippen LogP contribution is -2.20. The third-order valence-electron chi connectivity index (χ3n) is 4.65. The van der Waals surface area contributed by atoms with Gasteiger partial charge in [0.25, 0.3) is 5.91 Å². The summed E-state index contributed by atoms with van der Waals surface area (Å²) in [6, 6.07) is 1.81. The third kappa shape index (κ3) is 4.54. The Morgan fingerprint density at radius 1 is 1.21 bits per heavy atom. The number of carbonyl (C=O) groups is 1. The van der Waals surface area contributed by atoms with Crippen molar-refractivity contribution in [2.24, 2.45) is 10.9 Å². The fraction of sp³-hybridized carbons (Fsp3) is 0.500. The van der Waals surface area contributed by atoms with Crippen molar-refractivity contribution in [3.8, 4) is 0 Å². The van der Waals surface area contributed by atoms with Gasteiger partial charge in [-0.3, -0.25) is 4.79 Å². The molecule has 0 bridgehead atoms. The molecule has 1 aromatic heterocycles. The third-order valence-corrected chi connectivity index (χ3v) is 6.25. The number of benzene rings is 1. The number of alkyl halides is 3. The van der Waals surface area contributed by atoms with Crippen molar-refractivity contribution >= 4 is 17.2 Å². The first-order valence-electron chi connectivity index (χ1n) is 9.04. The van der Waals surface area contributed by atoms with Crippen molar-refractivity contribution in [3.63, 3.8) is 0 Å². The first kappa shape index (κ1) is 20.8. The molecule has 1 heterocycles. The largest absolute Gasteiger partial charge is 0.416 e. The minimum Gasteiger partial charge on any atom is -0.320 e. The van der Waals surface area contributed by atoms with E-state index in [9.17, 15) is 22.4 Å². The van der Waals surface area contributed by atoms with Crippen molar-refractivity contribution in [2.45, 2.75) is 58.7 Å². The zero-order chi connectivity index (χ0) is 20.9. The van der Waals surface area contributed by atoms with Gasteiger partial charge in [-0.15, -0.1) is 11.3 Å². The lowest BCUT2D eigenvalue weighted by molar-refractivity contribution is -0.137. The highest BCUT2D eigenvalue weighted by atomic mass is 32.1. The van der Waals surface area contributed by atoms with Gasteiger partial charge < -0.3 is 4.57 Å². The molecule has 1 amide bonds. The first-order chi connectivity index (χ1) is 12.9. The van der Waals surface area contributed by atoms with E-state index in [0.717, 1.165) is 36.0 Å². The molecular formula is C20H22F4N2OS. The molecule has 1 fully saturated rings. The minimum atomic E-state index is -4.73. The van der Waals surface area contributed by atoms with Crippen LogP contribution in [-0.2, 0) is 18.1 Å². The molecule has 1 aliphatic carbocycles. The Morgan fingerprint density at radius 2 is 1.86 bits per heavy atom. The van der Waals surface area contributed by atoms with Gasteiger partial charge >= 0.3 is 6.18 Å². The first-order valence-corrected chi connectivity index (χ1v) is 9.85. The topological polar surface area (TPSA) is 34.4 Å². The number of carbonyl (C=O) groups excluding carboxylic acids is 1. The van der Waals surface area contributed by atoms with E-state index in [1.807, 2.05) is 11.5 Å². The summed E-state index contributed by atoms with van der Waals surface area (Å²) >= 11 is 1.36. The Labute approximate surface area is 164 Å². The molecule has 0 spiro atoms. The summed E-state index contributed by atoms with van der Waals surface area (Å²) in [6.07, 6.45) is -2.51. The van der Waals surface area contributed by atoms with Crippen molar-refractivity contribution < 1.29 is 22.4 Å². The van der Waals surface area contributed by atoms with Gasteiger partial charge in [-0.1, -0.05) is 20.8 Å². The molecule has 3 nitrogen and oxygen atoms in total. The van der Waals surface area contributed by atoms with E-state index in [1.54, 1.807) is 0 Å². The Morgan fingerprint density at radius 3 is 2.39 bits per heavy atom. The van der Waals surface area contributed by atoms with Crippen LogP contribution >= 0.6 is 11.3 Å². The Kier molecular flexibility index (Phi) is 5.29. The van der Waals surface area contributed by atoms with Gasteiger partial charge in [-0.25, -0.2) is 4.39 Å². The normalized spacial score (nSPS) is 15.9. The smallest absolute Gasteiger partial charge is 0.320 e. The number of amides is 1. The summed E-state index contributed by atoms with van der Waals surface area (Å²) in [5.41, 5.74) is -0.756. The fourth-order valence-electron chi connectivity index (χ4n) is 3.07. The van der Waals surface area contributed by atoms with E-state index in [1.165, 1.54) is 11.3 Å². The maximum Gasteiger partial charge on any atom is 0.416 e. The SMILES string of the molecule is Cc1c(C(C)(C)C)s/c(=N\C(=O)c2cc(F)cc(C(F)(F)F)c2)n1CC1CC1. The molecule has 1 aromatic carbocycles. The maximum absolute atomic E-state index is 13.6. The molecule has 0 saturated heterocycles. The second-order valence-electron chi connectivity index (χ2n) is 8.25. The predicted molar refractivity (Wildman–Crippen MR) is 99.8 cm³/mol. The molecule has 1 saturated carbocycles. The molecule has 0 N–H and O–H groups in total. The van der Waals surface area contributed by atoms with Crippen LogP contribution in [0.2, 0.25) is 0 Å². The van der Waals surface area contributed by atoms with Crippen molar-refractivity contribution in [1.82, 2.24) is 4.57 Å². The molecule has 3 rings (SSSR count). The van der Waals surface area contributed by atoms with Crippen LogP contribution in [0, 0.1) is 18.7 Å². The monoisotopic (exact) mass is 414 g/mol. The van der Waals surface area contributed by atoms with Crippen LogP contribution in [0.15, 0.2) is 23.2 Å². The van der Waals surface area contributed by atoms with Gasteiger partial charge in [-0.2, -0.15) is 18.2 Å². The molecule has 0 radical (unpaired) electrons. The summed E-state index contributed by atoms with van der Waals surface area (Å²) < 4.78 is 54.4. The van der Waals surface area contributed by atoms with Crippen molar-refractivity contribution in [3.05, 3.63) is 50.5 Å². The van der Waals surface area contributed by atoms with Crippen LogP contribution in [-0.4, -0.2) is 10.5 Å². The lowest BCUT2D eigenvalue weighted by atomic mass is 9.93. The number of aromatic nitrogens is 1. The van der Waals surface area contributed by atoms with Crippen LogP contribution in [0.5, 0.6) is 0 Å². The summed E-state index contributed by atoms with van der Waals surface area (Å²) in [7, 11) is 0. The quantitative estimate of drug-likeness (QED) is 0.614. The zero-order valence-electron chi connectivity index (χ0n) is 16.2. The highest BCUT2D eigenvalue weighted by Crippen LogP contribution is 2.34. The summed E-state index contributed by atoms with van der Waals surface area (Å²) in [5, 5.41) is 0. The lowest BCUT2D eigenvalue weighted by Gasteiger charge is -2.17. The second kappa shape index (κ2) is 7.13. The van der Waals surface area contributed by atoms with Gasteiger partial charge in [-0.05, 0) is 49.3 Å². The van der Waals surface area contributed by atoms with Gasteiger partial charge in [0.1, 0.15) is 5.82 Å². The van der Waals surface area contributed by atoms with E-state index < -0.39 is 29.0 Å². The molecule has 0 atom stereocenters. The number of halogens is 4. The average Bonchev–Trinajstić information content (AvgIpc) is 3.32. The highest BCUT2D eigenvalue weighted by Gasteiger charge is 2.32. The number of thiazole rings is 1. The van der Waals surface area contributed by atoms with Crippen LogP contribution < -0.4 is 4.80 Å². The molecule has 28 heavy (non-hydrogen) atoms. The molecule has 0 unspecified atom stereocenters. The summed E-state index contributed by atoms with van der Waals surface area (Å²) in [4.78, 5) is 18.1. The van der Waals surface area contributed by atoms with Crippen LogP contribution in [0.25, 0.3) is 0 Å². The molecular weight excluding hydrogens is 392 g/mol. The zero-order valence-corrected chi connectivity index (χ0v) is 17.0. The number of rotatable bonds is 3. The summed E-state index contributed by atoms with van der Waals surface area (Å²) in [5.74, 6) is -1.46. The van der Waals surface area contributed by atoms with Gasteiger partial charge in [0, 0.05) is 22.7 Å². The summed E-state index contributed by atoms with van der Waals surface area (Å²) in [6.45, 7) is 8.86. The van der Waals surface area contributed by atoms with E-state index in [2.05, 4.69) is 25.8 Å². The minimum absolute atomic E-state index is 0.154. The second-order valence-corrected chi connectivity index (χ2v) is 9.22. The Bertz CT molecular complexity index is 976. The molecule has 1 aliphatic rings. The van der Waals surface area contributed by atoms with Crippen LogP contribution in [0.3, 0.4) is 0 Å². The van der Waals surface area contributed by atoms with Crippen LogP contribution in [0.4, 0.5) is 17.6 Å². The molecule has 0 aliphatic heterocycles. The molecule has 2 aromatic rings. The van der Waals surface area contributed by atoms with Gasteiger partial charge in [0.2, 0.25) is 0 Å². The standard InChI is InChI=1S/C20H22F4N2OS/c1-11-16(19(2,3)4)28-18(26(11)10-12-5-6-12)25-17(27)13-7-14(20(22,23)24)9-15(21)8-13/h7-9,12H,5-6,10H2,1-4H3/b25-18-. The number of hydrogen-bond acceptors (Lipinski definition) is 2. The fourth-order valence-corrected chi connectivity index (χ4v) is 4.26. The van der Waals surface area contributed by atoms with E-state index in [-0.39, 0.29) is 5.41 Å². The van der Waals surface area contributed by atoms with Gasteiger partial charge in [0.05, 0.1) is 5.56 Å². The van der Waals surface area contributed by atoms with Gasteiger partial charge in [0.15, 0.2) is 4.80 Å². The average molecular weight is 414 g/mol. The number of hydrogen-bond donors (Lipinski definition) is 0. The van der Waals surface area contributed by atoms with E-state index in [0.29, 0.717) is 22.9 Å². The Balaban J connectivity index is 2.08. The molecule has 8 heteroatoms. The van der Waals surface area contributed by atoms with Crippen molar-refractivity contribution in [1.29, 1.82) is 0 Å². The number of nitrogens with zero attached hydrogens (tertiary/aromatic N) is 2. The van der Waals surface area contributed by atoms with E-state index in [4.69, 9.17) is 0 Å².